The number of nitrogens with zero attached hydrogens (tertiary/aromatic N) is 2. The van der Waals surface area contributed by atoms with E-state index in [-0.39, 0.29) is 12.2 Å². The molecular formula is C9H13N3O3. The van der Waals surface area contributed by atoms with E-state index in [9.17, 15) is 4.79 Å². The first kappa shape index (κ1) is 9.95. The zero-order chi connectivity index (χ0) is 10.7. The third-order valence-electron chi connectivity index (χ3n) is 1.99. The highest BCUT2D eigenvalue weighted by molar-refractivity contribution is 5.67. The molecule has 2 rings (SSSR count). The van der Waals surface area contributed by atoms with E-state index in [1.54, 1.807) is 6.92 Å². The van der Waals surface area contributed by atoms with E-state index in [4.69, 9.17) is 9.26 Å². The van der Waals surface area contributed by atoms with E-state index >= 15 is 0 Å². The van der Waals surface area contributed by atoms with Crippen molar-refractivity contribution in [1.29, 1.82) is 0 Å². The van der Waals surface area contributed by atoms with Gasteiger partial charge >= 0.3 is 6.09 Å². The summed E-state index contributed by atoms with van der Waals surface area (Å²) >= 11 is 0. The molecule has 0 saturated heterocycles. The van der Waals surface area contributed by atoms with Gasteiger partial charge in [-0.3, -0.25) is 0 Å². The van der Waals surface area contributed by atoms with Gasteiger partial charge in [-0.25, -0.2) is 4.79 Å². The Balaban J connectivity index is 1.63. The Morgan fingerprint density at radius 2 is 2.47 bits per heavy atom. The van der Waals surface area contributed by atoms with Crippen LogP contribution in [0.25, 0.3) is 0 Å². The van der Waals surface area contributed by atoms with Crippen LogP contribution in [0.2, 0.25) is 0 Å². The molecule has 0 atom stereocenters. The molecule has 0 aromatic carbocycles. The first-order chi connectivity index (χ1) is 7.24. The van der Waals surface area contributed by atoms with Crippen LogP contribution in [-0.4, -0.2) is 28.9 Å². The highest BCUT2D eigenvalue weighted by atomic mass is 16.6. The number of ether oxygens (including phenoxy) is 1. The Morgan fingerprint density at radius 3 is 3.07 bits per heavy atom. The summed E-state index contributed by atoms with van der Waals surface area (Å²) in [6, 6.07) is 0. The fourth-order valence-corrected chi connectivity index (χ4v) is 1.10. The lowest BCUT2D eigenvalue weighted by Crippen LogP contribution is -2.27. The Bertz CT molecular complexity index is 346. The van der Waals surface area contributed by atoms with Crippen molar-refractivity contribution in [3.05, 3.63) is 11.7 Å². The van der Waals surface area contributed by atoms with E-state index in [0.29, 0.717) is 24.7 Å². The van der Waals surface area contributed by atoms with Crippen LogP contribution in [0.4, 0.5) is 4.79 Å². The molecule has 1 aromatic rings. The van der Waals surface area contributed by atoms with Crippen LogP contribution in [0, 0.1) is 6.92 Å². The minimum atomic E-state index is -0.363. The van der Waals surface area contributed by atoms with E-state index in [1.807, 2.05) is 0 Å². The molecule has 82 valence electrons. The third-order valence-corrected chi connectivity index (χ3v) is 1.99. The van der Waals surface area contributed by atoms with Gasteiger partial charge < -0.3 is 14.6 Å². The maximum absolute atomic E-state index is 11.1. The predicted octanol–water partition coefficient (Wildman–Crippen LogP) is 0.809. The van der Waals surface area contributed by atoms with Crippen LogP contribution < -0.4 is 5.32 Å². The first-order valence-corrected chi connectivity index (χ1v) is 4.98. The normalized spacial score (nSPS) is 15.0. The Morgan fingerprint density at radius 1 is 1.67 bits per heavy atom. The number of hydrogen-bond donors (Lipinski definition) is 1. The van der Waals surface area contributed by atoms with Crippen LogP contribution in [0.1, 0.15) is 24.6 Å². The SMILES string of the molecule is Cc1nc(CCNC(=O)OC2CC2)no1. The molecule has 0 radical (unpaired) electrons. The molecule has 15 heavy (non-hydrogen) atoms. The van der Waals surface area contributed by atoms with Gasteiger partial charge in [0.25, 0.3) is 0 Å². The summed E-state index contributed by atoms with van der Waals surface area (Å²) in [6.45, 7) is 2.19. The predicted molar refractivity (Wildman–Crippen MR) is 50.2 cm³/mol. The summed E-state index contributed by atoms with van der Waals surface area (Å²) in [7, 11) is 0. The van der Waals surface area contributed by atoms with Gasteiger partial charge in [-0.15, -0.1) is 0 Å². The summed E-state index contributed by atoms with van der Waals surface area (Å²) in [5.41, 5.74) is 0. The minimum absolute atomic E-state index is 0.136. The maximum atomic E-state index is 11.1. The van der Waals surface area contributed by atoms with E-state index in [0.717, 1.165) is 12.8 Å². The second kappa shape index (κ2) is 4.29. The Labute approximate surface area is 87.0 Å². The van der Waals surface area contributed by atoms with Gasteiger partial charge in [0.15, 0.2) is 5.82 Å². The quantitative estimate of drug-likeness (QED) is 0.797. The van der Waals surface area contributed by atoms with Crippen LogP contribution in [-0.2, 0) is 11.2 Å². The molecule has 1 aliphatic rings. The van der Waals surface area contributed by atoms with Crippen molar-refractivity contribution in [2.75, 3.05) is 6.54 Å². The molecule has 0 spiro atoms. The lowest BCUT2D eigenvalue weighted by Gasteiger charge is -2.03. The molecule has 1 aromatic heterocycles. The second-order valence-corrected chi connectivity index (χ2v) is 3.51. The number of carbonyl (C=O) groups is 1. The molecule has 0 bridgehead atoms. The largest absolute Gasteiger partial charge is 0.446 e. The van der Waals surface area contributed by atoms with Gasteiger partial charge in [0, 0.05) is 19.9 Å². The van der Waals surface area contributed by atoms with Gasteiger partial charge in [0.2, 0.25) is 5.89 Å². The number of amides is 1. The van der Waals surface area contributed by atoms with Gasteiger partial charge in [-0.05, 0) is 12.8 Å². The van der Waals surface area contributed by atoms with Gasteiger partial charge in [0.05, 0.1) is 0 Å². The van der Waals surface area contributed by atoms with Crippen molar-refractivity contribution in [2.45, 2.75) is 32.3 Å². The van der Waals surface area contributed by atoms with E-state index in [1.165, 1.54) is 0 Å². The molecule has 6 nitrogen and oxygen atoms in total. The van der Waals surface area contributed by atoms with Gasteiger partial charge in [-0.1, -0.05) is 5.16 Å². The Hall–Kier alpha value is -1.59. The van der Waals surface area contributed by atoms with Crippen molar-refractivity contribution in [1.82, 2.24) is 15.5 Å². The number of aromatic nitrogens is 2. The van der Waals surface area contributed by atoms with Crippen LogP contribution in [0.5, 0.6) is 0 Å². The average molecular weight is 211 g/mol. The number of aryl methyl sites for hydroxylation is 1. The molecule has 6 heteroatoms. The number of carbonyl (C=O) groups excluding carboxylic acids is 1. The maximum Gasteiger partial charge on any atom is 0.407 e. The van der Waals surface area contributed by atoms with Crippen molar-refractivity contribution < 1.29 is 14.1 Å². The molecule has 1 fully saturated rings. The first-order valence-electron chi connectivity index (χ1n) is 4.98. The van der Waals surface area contributed by atoms with Gasteiger partial charge in [0.1, 0.15) is 6.10 Å². The summed E-state index contributed by atoms with van der Waals surface area (Å²) in [5, 5.41) is 6.34. The molecule has 1 aliphatic carbocycles. The average Bonchev–Trinajstić information content (AvgIpc) is 2.89. The molecule has 0 unspecified atom stereocenters. The monoisotopic (exact) mass is 211 g/mol. The number of rotatable bonds is 4. The molecule has 1 N–H and O–H groups in total. The smallest absolute Gasteiger partial charge is 0.407 e. The lowest BCUT2D eigenvalue weighted by atomic mass is 10.4. The molecular weight excluding hydrogens is 198 g/mol. The van der Waals surface area contributed by atoms with E-state index in [2.05, 4.69) is 15.5 Å². The Kier molecular flexibility index (Phi) is 2.84. The fraction of sp³-hybridized carbons (Fsp3) is 0.667. The summed E-state index contributed by atoms with van der Waals surface area (Å²) < 4.78 is 9.78. The summed E-state index contributed by atoms with van der Waals surface area (Å²) in [6.07, 6.45) is 2.29. The molecule has 0 aliphatic heterocycles. The van der Waals surface area contributed by atoms with Gasteiger partial charge in [-0.2, -0.15) is 4.98 Å². The second-order valence-electron chi connectivity index (χ2n) is 3.51. The molecule has 1 heterocycles. The number of nitrogens with one attached hydrogen (secondary N) is 1. The highest BCUT2D eigenvalue weighted by Gasteiger charge is 2.25. The van der Waals surface area contributed by atoms with Crippen LogP contribution in [0.15, 0.2) is 4.52 Å². The van der Waals surface area contributed by atoms with Crippen molar-refractivity contribution >= 4 is 6.09 Å². The highest BCUT2D eigenvalue weighted by Crippen LogP contribution is 2.23. The van der Waals surface area contributed by atoms with Crippen LogP contribution >= 0.6 is 0 Å². The number of alkyl carbamates (subject to hydrolysis) is 1. The third kappa shape index (κ3) is 3.23. The van der Waals surface area contributed by atoms with Crippen LogP contribution in [0.3, 0.4) is 0 Å². The standard InChI is InChI=1S/C9H13N3O3/c1-6-11-8(12-15-6)4-5-10-9(13)14-7-2-3-7/h7H,2-5H2,1H3,(H,10,13). The van der Waals surface area contributed by atoms with Crippen molar-refractivity contribution in [2.24, 2.45) is 0 Å². The molecule has 1 saturated carbocycles. The zero-order valence-electron chi connectivity index (χ0n) is 8.52. The summed E-state index contributed by atoms with van der Waals surface area (Å²) in [4.78, 5) is 15.1. The van der Waals surface area contributed by atoms with E-state index < -0.39 is 0 Å². The zero-order valence-corrected chi connectivity index (χ0v) is 8.52. The van der Waals surface area contributed by atoms with Crippen molar-refractivity contribution in [3.8, 4) is 0 Å². The van der Waals surface area contributed by atoms with Crippen molar-refractivity contribution in [3.63, 3.8) is 0 Å². The fourth-order valence-electron chi connectivity index (χ4n) is 1.10. The molecule has 1 amide bonds. The summed E-state index contributed by atoms with van der Waals surface area (Å²) in [5.74, 6) is 1.13. The lowest BCUT2D eigenvalue weighted by molar-refractivity contribution is 0.139. The minimum Gasteiger partial charge on any atom is -0.446 e. The number of hydrogen-bond acceptors (Lipinski definition) is 5. The topological polar surface area (TPSA) is 77.2 Å².